The minimum atomic E-state index is -0.515. The Kier molecular flexibility index (Phi) is 4.91. The molecule has 0 aliphatic heterocycles. The van der Waals surface area contributed by atoms with Crippen molar-refractivity contribution in [1.82, 2.24) is 9.97 Å². The van der Waals surface area contributed by atoms with Gasteiger partial charge in [0.1, 0.15) is 5.69 Å². The van der Waals surface area contributed by atoms with Crippen molar-refractivity contribution in [2.24, 2.45) is 0 Å². The van der Waals surface area contributed by atoms with Gasteiger partial charge >= 0.3 is 0 Å². The highest BCUT2D eigenvalue weighted by atomic mass is 35.5. The molecular formula is C16H13ClN4O3S. The van der Waals surface area contributed by atoms with Crippen LogP contribution in [0.15, 0.2) is 41.6 Å². The van der Waals surface area contributed by atoms with Gasteiger partial charge in [0.15, 0.2) is 5.16 Å². The average molecular weight is 377 g/mol. The summed E-state index contributed by atoms with van der Waals surface area (Å²) in [5.41, 5.74) is 2.25. The summed E-state index contributed by atoms with van der Waals surface area (Å²) in [4.78, 5) is 30.2. The molecule has 0 aliphatic rings. The van der Waals surface area contributed by atoms with Gasteiger partial charge in [0, 0.05) is 11.1 Å². The van der Waals surface area contributed by atoms with E-state index >= 15 is 0 Å². The second-order valence-corrected chi connectivity index (χ2v) is 6.67. The second-order valence-electron chi connectivity index (χ2n) is 5.27. The molecule has 0 saturated heterocycles. The number of nitro groups is 1. The number of nitrogens with zero attached hydrogens (tertiary/aromatic N) is 2. The van der Waals surface area contributed by atoms with E-state index < -0.39 is 4.92 Å². The summed E-state index contributed by atoms with van der Waals surface area (Å²) in [5, 5.41) is 14.9. The number of carbonyl (C=O) groups excluding carboxylic acids is 1. The highest BCUT2D eigenvalue weighted by molar-refractivity contribution is 7.99. The van der Waals surface area contributed by atoms with Crippen molar-refractivity contribution < 1.29 is 9.72 Å². The largest absolute Gasteiger partial charge is 0.333 e. The Morgan fingerprint density at radius 3 is 2.96 bits per heavy atom. The van der Waals surface area contributed by atoms with Crippen molar-refractivity contribution in [2.75, 3.05) is 11.1 Å². The summed E-state index contributed by atoms with van der Waals surface area (Å²) in [5.74, 6) is -0.278. The highest BCUT2D eigenvalue weighted by Crippen LogP contribution is 2.28. The number of halogens is 1. The molecule has 0 atom stereocenters. The molecule has 3 rings (SSSR count). The van der Waals surface area contributed by atoms with Crippen LogP contribution >= 0.6 is 23.4 Å². The molecule has 0 spiro atoms. The first-order valence-corrected chi connectivity index (χ1v) is 8.62. The fourth-order valence-corrected chi connectivity index (χ4v) is 3.16. The zero-order chi connectivity index (χ0) is 18.0. The molecule has 1 heterocycles. The number of nitro benzene ring substituents is 1. The summed E-state index contributed by atoms with van der Waals surface area (Å²) in [6.07, 6.45) is 0. The Morgan fingerprint density at radius 1 is 1.40 bits per heavy atom. The van der Waals surface area contributed by atoms with Crippen molar-refractivity contribution in [3.05, 3.63) is 57.1 Å². The van der Waals surface area contributed by atoms with Crippen LogP contribution in [0.25, 0.3) is 11.0 Å². The number of amides is 1. The fraction of sp³-hybridized carbons (Fsp3) is 0.125. The normalized spacial score (nSPS) is 10.8. The molecule has 0 bridgehead atoms. The van der Waals surface area contributed by atoms with E-state index in [1.54, 1.807) is 37.3 Å². The van der Waals surface area contributed by atoms with Crippen molar-refractivity contribution >= 4 is 51.7 Å². The van der Waals surface area contributed by atoms with Gasteiger partial charge < -0.3 is 10.3 Å². The van der Waals surface area contributed by atoms with Crippen LogP contribution in [0.1, 0.15) is 5.56 Å². The number of imidazole rings is 1. The van der Waals surface area contributed by atoms with E-state index in [2.05, 4.69) is 15.3 Å². The SMILES string of the molecule is Cc1cccc([N+](=O)[O-])c1NC(=O)CSc1nc2ccc(Cl)cc2[nH]1. The van der Waals surface area contributed by atoms with Crippen molar-refractivity contribution in [2.45, 2.75) is 12.1 Å². The van der Waals surface area contributed by atoms with Gasteiger partial charge in [-0.05, 0) is 30.7 Å². The van der Waals surface area contributed by atoms with E-state index in [1.165, 1.54) is 17.8 Å². The summed E-state index contributed by atoms with van der Waals surface area (Å²) in [6, 6.07) is 9.93. The van der Waals surface area contributed by atoms with Crippen LogP contribution in [0, 0.1) is 17.0 Å². The standard InChI is InChI=1S/C16H13ClN4O3S/c1-9-3-2-4-13(21(23)24)15(9)20-14(22)8-25-16-18-11-6-5-10(17)7-12(11)19-16/h2-7H,8H2,1H3,(H,18,19)(H,20,22). The van der Waals surface area contributed by atoms with Gasteiger partial charge in [-0.25, -0.2) is 4.98 Å². The number of aromatic nitrogens is 2. The number of hydrogen-bond acceptors (Lipinski definition) is 5. The molecule has 0 saturated carbocycles. The van der Waals surface area contributed by atoms with Crippen LogP contribution in [0.5, 0.6) is 0 Å². The average Bonchev–Trinajstić information content (AvgIpc) is 2.96. The topological polar surface area (TPSA) is 101 Å². The molecule has 0 unspecified atom stereocenters. The maximum Gasteiger partial charge on any atom is 0.293 e. The number of thioether (sulfide) groups is 1. The number of nitrogens with one attached hydrogen (secondary N) is 2. The lowest BCUT2D eigenvalue weighted by atomic mass is 10.1. The van der Waals surface area contributed by atoms with Crippen LogP contribution < -0.4 is 5.32 Å². The number of aryl methyl sites for hydroxylation is 1. The number of carbonyl (C=O) groups is 1. The maximum atomic E-state index is 12.2. The first kappa shape index (κ1) is 17.2. The van der Waals surface area contributed by atoms with Gasteiger partial charge in [0.25, 0.3) is 5.69 Å². The Hall–Kier alpha value is -2.58. The number of rotatable bonds is 5. The molecule has 3 aromatic rings. The lowest BCUT2D eigenvalue weighted by Crippen LogP contribution is -2.16. The molecule has 0 radical (unpaired) electrons. The predicted molar refractivity (Wildman–Crippen MR) is 98.3 cm³/mol. The van der Waals surface area contributed by atoms with Crippen LogP contribution in [-0.4, -0.2) is 26.6 Å². The Bertz CT molecular complexity index is 973. The molecule has 1 amide bonds. The molecule has 128 valence electrons. The van der Waals surface area contributed by atoms with Crippen LogP contribution in [-0.2, 0) is 4.79 Å². The van der Waals surface area contributed by atoms with Crippen LogP contribution in [0.2, 0.25) is 5.02 Å². The highest BCUT2D eigenvalue weighted by Gasteiger charge is 2.18. The van der Waals surface area contributed by atoms with Gasteiger partial charge in [-0.2, -0.15) is 0 Å². The summed E-state index contributed by atoms with van der Waals surface area (Å²) >= 11 is 7.14. The zero-order valence-corrected chi connectivity index (χ0v) is 14.6. The van der Waals surface area contributed by atoms with E-state index in [4.69, 9.17) is 11.6 Å². The summed E-state index contributed by atoms with van der Waals surface area (Å²) in [6.45, 7) is 1.71. The van der Waals surface area contributed by atoms with Crippen molar-refractivity contribution in [3.63, 3.8) is 0 Å². The van der Waals surface area contributed by atoms with Gasteiger partial charge in [0.05, 0.1) is 21.7 Å². The monoisotopic (exact) mass is 376 g/mol. The molecule has 0 fully saturated rings. The van der Waals surface area contributed by atoms with E-state index in [1.807, 2.05) is 0 Å². The first-order valence-electron chi connectivity index (χ1n) is 7.26. The van der Waals surface area contributed by atoms with E-state index in [-0.39, 0.29) is 23.0 Å². The Morgan fingerprint density at radius 2 is 2.20 bits per heavy atom. The van der Waals surface area contributed by atoms with E-state index in [0.717, 1.165) is 11.0 Å². The van der Waals surface area contributed by atoms with E-state index in [9.17, 15) is 14.9 Å². The maximum absolute atomic E-state index is 12.2. The smallest absolute Gasteiger partial charge is 0.293 e. The number of H-pyrrole nitrogens is 1. The summed E-state index contributed by atoms with van der Waals surface area (Å²) in [7, 11) is 0. The summed E-state index contributed by atoms with van der Waals surface area (Å²) < 4.78 is 0. The molecule has 9 heteroatoms. The van der Waals surface area contributed by atoms with E-state index in [0.29, 0.717) is 15.7 Å². The third kappa shape index (κ3) is 3.92. The molecule has 1 aromatic heterocycles. The van der Waals surface area contributed by atoms with Crippen molar-refractivity contribution in [1.29, 1.82) is 0 Å². The number of anilines is 1. The number of benzene rings is 2. The van der Waals surface area contributed by atoms with Crippen molar-refractivity contribution in [3.8, 4) is 0 Å². The molecule has 7 nitrogen and oxygen atoms in total. The van der Waals surface area contributed by atoms with Gasteiger partial charge in [-0.3, -0.25) is 14.9 Å². The lowest BCUT2D eigenvalue weighted by Gasteiger charge is -2.08. The molecule has 2 N–H and O–H groups in total. The minimum Gasteiger partial charge on any atom is -0.333 e. The second kappa shape index (κ2) is 7.12. The third-order valence-corrected chi connectivity index (χ3v) is 4.58. The Labute approximate surface area is 151 Å². The molecule has 0 aliphatic carbocycles. The number of aromatic amines is 1. The van der Waals surface area contributed by atoms with Crippen LogP contribution in [0.3, 0.4) is 0 Å². The van der Waals surface area contributed by atoms with Gasteiger partial charge in [-0.15, -0.1) is 0 Å². The number of fused-ring (bicyclic) bond motifs is 1. The molecule has 2 aromatic carbocycles. The predicted octanol–water partition coefficient (Wildman–Crippen LogP) is 4.16. The third-order valence-electron chi connectivity index (χ3n) is 3.47. The fourth-order valence-electron chi connectivity index (χ4n) is 2.30. The zero-order valence-electron chi connectivity index (χ0n) is 13.1. The van der Waals surface area contributed by atoms with Gasteiger partial charge in [-0.1, -0.05) is 35.5 Å². The number of hydrogen-bond donors (Lipinski definition) is 2. The lowest BCUT2D eigenvalue weighted by molar-refractivity contribution is -0.384. The minimum absolute atomic E-state index is 0.0685. The number of para-hydroxylation sites is 1. The molecular weight excluding hydrogens is 364 g/mol. The quantitative estimate of drug-likeness (QED) is 0.395. The first-order chi connectivity index (χ1) is 11.9. The molecule has 25 heavy (non-hydrogen) atoms. The van der Waals surface area contributed by atoms with Gasteiger partial charge in [0.2, 0.25) is 5.91 Å². The Balaban J connectivity index is 1.70. The van der Waals surface area contributed by atoms with Crippen LogP contribution in [0.4, 0.5) is 11.4 Å².